The first-order chi connectivity index (χ1) is 6.60. The number of nitro benzene ring substituents is 1. The molecule has 0 amide bonds. The maximum atomic E-state index is 10.6. The van der Waals surface area contributed by atoms with E-state index < -0.39 is 11.5 Å². The van der Waals surface area contributed by atoms with Crippen LogP contribution in [-0.2, 0) is 6.61 Å². The van der Waals surface area contributed by atoms with Crippen molar-refractivity contribution in [3.05, 3.63) is 38.9 Å². The second kappa shape index (κ2) is 3.85. The molecular weight excluding hydrogens is 184 g/mol. The third-order valence-corrected chi connectivity index (χ3v) is 1.81. The third-order valence-electron chi connectivity index (χ3n) is 1.81. The van der Waals surface area contributed by atoms with Gasteiger partial charge in [0.1, 0.15) is 11.6 Å². The van der Waals surface area contributed by atoms with Crippen molar-refractivity contribution in [2.24, 2.45) is 0 Å². The molecule has 0 aromatic heterocycles. The Morgan fingerprint density at radius 2 is 2.29 bits per heavy atom. The fourth-order valence-corrected chi connectivity index (χ4v) is 1.28. The molecule has 0 spiro atoms. The van der Waals surface area contributed by atoms with E-state index in [9.17, 15) is 10.1 Å². The van der Waals surface area contributed by atoms with E-state index in [1.165, 1.54) is 12.1 Å². The lowest BCUT2D eigenvalue weighted by Crippen LogP contribution is -1.99. The molecule has 72 valence electrons. The molecule has 0 radical (unpaired) electrons. The van der Waals surface area contributed by atoms with Crippen molar-refractivity contribution in [2.45, 2.75) is 13.5 Å². The Labute approximate surface area is 80.4 Å². The smallest absolute Gasteiger partial charge is 0.292 e. The summed E-state index contributed by atoms with van der Waals surface area (Å²) in [5, 5.41) is 28.2. The van der Waals surface area contributed by atoms with Crippen LogP contribution in [0.25, 0.3) is 0 Å². The molecule has 0 atom stereocenters. The number of rotatable bonds is 2. The minimum atomic E-state index is -0.649. The predicted octanol–water partition coefficient (Wildman–Crippen LogP) is 1.27. The maximum absolute atomic E-state index is 10.6. The quantitative estimate of drug-likeness (QED) is 0.564. The van der Waals surface area contributed by atoms with Gasteiger partial charge in [-0.15, -0.1) is 0 Å². The molecule has 1 aromatic carbocycles. The first kappa shape index (κ1) is 10.2. The van der Waals surface area contributed by atoms with Crippen LogP contribution in [0.5, 0.6) is 0 Å². The van der Waals surface area contributed by atoms with Crippen molar-refractivity contribution in [2.75, 3.05) is 0 Å². The number of aliphatic hydroxyl groups is 1. The molecule has 0 saturated carbocycles. The number of aliphatic hydroxyl groups excluding tert-OH is 1. The van der Waals surface area contributed by atoms with Crippen LogP contribution in [0.3, 0.4) is 0 Å². The van der Waals surface area contributed by atoms with E-state index in [2.05, 4.69) is 0 Å². The van der Waals surface area contributed by atoms with Crippen molar-refractivity contribution in [1.82, 2.24) is 0 Å². The Hall–Kier alpha value is -1.93. The molecule has 0 bridgehead atoms. The first-order valence-electron chi connectivity index (χ1n) is 3.89. The molecule has 0 heterocycles. The number of benzene rings is 1. The second-order valence-electron chi connectivity index (χ2n) is 2.85. The molecule has 1 aromatic rings. The van der Waals surface area contributed by atoms with Crippen LogP contribution in [0, 0.1) is 28.4 Å². The average molecular weight is 192 g/mol. The lowest BCUT2D eigenvalue weighted by atomic mass is 10.0. The molecule has 0 aliphatic carbocycles. The van der Waals surface area contributed by atoms with Crippen molar-refractivity contribution in [3.63, 3.8) is 0 Å². The Bertz CT molecular complexity index is 421. The molecule has 0 aliphatic heterocycles. The highest BCUT2D eigenvalue weighted by molar-refractivity contribution is 5.55. The minimum absolute atomic E-state index is 0.0148. The van der Waals surface area contributed by atoms with Gasteiger partial charge in [0.25, 0.3) is 5.69 Å². The van der Waals surface area contributed by atoms with Gasteiger partial charge in [0.2, 0.25) is 0 Å². The standard InChI is InChI=1S/C9H8N2O3/c1-6-2-7(4-10)9(11(13)14)8(3-6)5-12/h2-3,12H,5H2,1H3. The Morgan fingerprint density at radius 1 is 1.64 bits per heavy atom. The summed E-state index contributed by atoms with van der Waals surface area (Å²) in [5.41, 5.74) is 0.572. The monoisotopic (exact) mass is 192 g/mol. The van der Waals surface area contributed by atoms with Crippen LogP contribution in [0.15, 0.2) is 12.1 Å². The van der Waals surface area contributed by atoms with Crippen molar-refractivity contribution in [1.29, 1.82) is 5.26 Å². The average Bonchev–Trinajstić information content (AvgIpc) is 2.15. The number of nitriles is 1. The number of nitrogens with zero attached hydrogens (tertiary/aromatic N) is 2. The van der Waals surface area contributed by atoms with Crippen LogP contribution in [-0.4, -0.2) is 10.0 Å². The summed E-state index contributed by atoms with van der Waals surface area (Å²) >= 11 is 0. The maximum Gasteiger partial charge on any atom is 0.292 e. The summed E-state index contributed by atoms with van der Waals surface area (Å²) in [6.07, 6.45) is 0. The van der Waals surface area contributed by atoms with Crippen molar-refractivity contribution in [3.8, 4) is 6.07 Å². The molecule has 5 nitrogen and oxygen atoms in total. The van der Waals surface area contributed by atoms with Gasteiger partial charge in [-0.1, -0.05) is 0 Å². The largest absolute Gasteiger partial charge is 0.391 e. The number of aryl methyl sites for hydroxylation is 1. The summed E-state index contributed by atoms with van der Waals surface area (Å²) in [6.45, 7) is 1.27. The zero-order valence-corrected chi connectivity index (χ0v) is 7.52. The van der Waals surface area contributed by atoms with Gasteiger partial charge < -0.3 is 5.11 Å². The lowest BCUT2D eigenvalue weighted by molar-refractivity contribution is -0.386. The lowest BCUT2D eigenvalue weighted by Gasteiger charge is -2.02. The van der Waals surface area contributed by atoms with Crippen LogP contribution in [0.1, 0.15) is 16.7 Å². The highest BCUT2D eigenvalue weighted by atomic mass is 16.6. The zero-order chi connectivity index (χ0) is 10.7. The topological polar surface area (TPSA) is 87.2 Å². The summed E-state index contributed by atoms with van der Waals surface area (Å²) in [5.74, 6) is 0. The van der Waals surface area contributed by atoms with Crippen LogP contribution in [0.4, 0.5) is 5.69 Å². The van der Waals surface area contributed by atoms with Gasteiger partial charge >= 0.3 is 0 Å². The molecule has 0 unspecified atom stereocenters. The molecular formula is C9H8N2O3. The Kier molecular flexibility index (Phi) is 2.79. The fourth-order valence-electron chi connectivity index (χ4n) is 1.28. The minimum Gasteiger partial charge on any atom is -0.391 e. The second-order valence-corrected chi connectivity index (χ2v) is 2.85. The van der Waals surface area contributed by atoms with Gasteiger partial charge in [0, 0.05) is 0 Å². The van der Waals surface area contributed by atoms with E-state index in [0.717, 1.165) is 5.56 Å². The molecule has 0 aliphatic rings. The summed E-state index contributed by atoms with van der Waals surface area (Å²) in [7, 11) is 0. The van der Waals surface area contributed by atoms with E-state index in [0.29, 0.717) is 0 Å². The van der Waals surface area contributed by atoms with Gasteiger partial charge in [-0.2, -0.15) is 5.26 Å². The Morgan fingerprint density at radius 3 is 2.71 bits per heavy atom. The molecule has 1 rings (SSSR count). The summed E-state index contributed by atoms with van der Waals surface area (Å²) < 4.78 is 0. The molecule has 1 N–H and O–H groups in total. The number of nitro groups is 1. The molecule has 5 heteroatoms. The molecule has 0 saturated heterocycles. The van der Waals surface area contributed by atoms with Crippen LogP contribution >= 0.6 is 0 Å². The van der Waals surface area contributed by atoms with E-state index >= 15 is 0 Å². The first-order valence-corrected chi connectivity index (χ1v) is 3.89. The molecule has 0 fully saturated rings. The van der Waals surface area contributed by atoms with E-state index in [1.807, 2.05) is 0 Å². The van der Waals surface area contributed by atoms with Gasteiger partial charge in [-0.25, -0.2) is 0 Å². The van der Waals surface area contributed by atoms with E-state index in [1.54, 1.807) is 13.0 Å². The fraction of sp³-hybridized carbons (Fsp3) is 0.222. The molecule has 14 heavy (non-hydrogen) atoms. The third kappa shape index (κ3) is 1.70. The Balaban J connectivity index is 3.50. The predicted molar refractivity (Wildman–Crippen MR) is 48.5 cm³/mol. The van der Waals surface area contributed by atoms with Gasteiger partial charge in [0.15, 0.2) is 0 Å². The summed E-state index contributed by atoms with van der Waals surface area (Å²) in [4.78, 5) is 9.97. The van der Waals surface area contributed by atoms with Gasteiger partial charge in [-0.05, 0) is 24.6 Å². The van der Waals surface area contributed by atoms with Gasteiger partial charge in [-0.3, -0.25) is 10.1 Å². The SMILES string of the molecule is Cc1cc(C#N)c([N+](=O)[O-])c(CO)c1. The number of hydrogen-bond donors (Lipinski definition) is 1. The van der Waals surface area contributed by atoms with Crippen molar-refractivity contribution < 1.29 is 10.0 Å². The van der Waals surface area contributed by atoms with Crippen LogP contribution in [0.2, 0.25) is 0 Å². The van der Waals surface area contributed by atoms with E-state index in [4.69, 9.17) is 10.4 Å². The number of hydrogen-bond acceptors (Lipinski definition) is 4. The normalized spacial score (nSPS) is 9.50. The van der Waals surface area contributed by atoms with E-state index in [-0.39, 0.29) is 16.8 Å². The summed E-state index contributed by atoms with van der Waals surface area (Å²) in [6, 6.07) is 4.67. The highest BCUT2D eigenvalue weighted by Crippen LogP contribution is 2.24. The zero-order valence-electron chi connectivity index (χ0n) is 7.52. The van der Waals surface area contributed by atoms with Crippen LogP contribution < -0.4 is 0 Å². The van der Waals surface area contributed by atoms with Gasteiger partial charge in [0.05, 0.1) is 17.1 Å². The van der Waals surface area contributed by atoms with Crippen molar-refractivity contribution >= 4 is 5.69 Å². The highest BCUT2D eigenvalue weighted by Gasteiger charge is 2.19.